The molecule has 3 rings (SSSR count). The molecule has 17 heavy (non-hydrogen) atoms. The van der Waals surface area contributed by atoms with Gasteiger partial charge in [0, 0.05) is 28.7 Å². The highest BCUT2D eigenvalue weighted by molar-refractivity contribution is 9.10. The van der Waals surface area contributed by atoms with Gasteiger partial charge in [-0.3, -0.25) is 4.90 Å². The zero-order valence-electron chi connectivity index (χ0n) is 9.57. The number of nitrogens with two attached hydrogens (primary N) is 1. The average molecular weight is 299 g/mol. The quantitative estimate of drug-likeness (QED) is 0.910. The zero-order chi connectivity index (χ0) is 12.0. The Bertz CT molecular complexity index is 433. The van der Waals surface area contributed by atoms with E-state index in [1.54, 1.807) is 6.07 Å². The van der Waals surface area contributed by atoms with Crippen molar-refractivity contribution in [3.63, 3.8) is 0 Å². The van der Waals surface area contributed by atoms with Crippen LogP contribution in [0.4, 0.5) is 4.39 Å². The Morgan fingerprint density at radius 2 is 2.06 bits per heavy atom. The maximum absolute atomic E-state index is 13.9. The van der Waals surface area contributed by atoms with Crippen molar-refractivity contribution in [1.82, 2.24) is 4.90 Å². The summed E-state index contributed by atoms with van der Waals surface area (Å²) in [6, 6.07) is 5.88. The van der Waals surface area contributed by atoms with E-state index < -0.39 is 0 Å². The third-order valence-electron chi connectivity index (χ3n) is 3.78. The molecule has 92 valence electrons. The fourth-order valence-electron chi connectivity index (χ4n) is 2.81. The average Bonchev–Trinajstić information content (AvgIpc) is 3.07. The van der Waals surface area contributed by atoms with Crippen LogP contribution < -0.4 is 5.73 Å². The van der Waals surface area contributed by atoms with Gasteiger partial charge in [-0.15, -0.1) is 0 Å². The highest BCUT2D eigenvalue weighted by Gasteiger charge is 2.42. The standard InChI is InChI=1S/C13H16BrFN2/c14-8-1-4-11(15)10(7-8)13-12(16)5-6-17(13)9-2-3-9/h1,4,7,9,12-13H,2-3,5-6,16H2. The van der Waals surface area contributed by atoms with Crippen molar-refractivity contribution in [2.75, 3.05) is 6.54 Å². The van der Waals surface area contributed by atoms with Gasteiger partial charge in [0.1, 0.15) is 5.82 Å². The molecule has 2 atom stereocenters. The summed E-state index contributed by atoms with van der Waals surface area (Å²) in [5, 5.41) is 0. The second-order valence-corrected chi connectivity index (χ2v) is 5.95. The summed E-state index contributed by atoms with van der Waals surface area (Å²) in [4.78, 5) is 2.38. The van der Waals surface area contributed by atoms with E-state index in [2.05, 4.69) is 20.8 Å². The molecule has 2 fully saturated rings. The van der Waals surface area contributed by atoms with Crippen LogP contribution in [0, 0.1) is 5.82 Å². The lowest BCUT2D eigenvalue weighted by Gasteiger charge is -2.27. The van der Waals surface area contributed by atoms with Crippen LogP contribution in [0.15, 0.2) is 22.7 Å². The number of benzene rings is 1. The second kappa shape index (κ2) is 4.34. The Hall–Kier alpha value is -0.450. The maximum atomic E-state index is 13.9. The smallest absolute Gasteiger partial charge is 0.128 e. The molecule has 1 heterocycles. The molecule has 2 aliphatic rings. The fraction of sp³-hybridized carbons (Fsp3) is 0.538. The first-order valence-corrected chi connectivity index (χ1v) is 6.92. The lowest BCUT2D eigenvalue weighted by molar-refractivity contribution is 0.232. The van der Waals surface area contributed by atoms with Crippen LogP contribution in [0.5, 0.6) is 0 Å². The van der Waals surface area contributed by atoms with Gasteiger partial charge in [-0.2, -0.15) is 0 Å². The third kappa shape index (κ3) is 2.14. The Morgan fingerprint density at radius 3 is 2.76 bits per heavy atom. The van der Waals surface area contributed by atoms with Gasteiger partial charge in [0.25, 0.3) is 0 Å². The van der Waals surface area contributed by atoms with Crippen molar-refractivity contribution < 1.29 is 4.39 Å². The number of halogens is 2. The highest BCUT2D eigenvalue weighted by atomic mass is 79.9. The summed E-state index contributed by atoms with van der Waals surface area (Å²) in [5.74, 6) is -0.138. The predicted octanol–water partition coefficient (Wildman–Crippen LogP) is 2.82. The minimum atomic E-state index is -0.138. The first-order valence-electron chi connectivity index (χ1n) is 6.13. The molecule has 0 amide bonds. The highest BCUT2D eigenvalue weighted by Crippen LogP contribution is 2.41. The van der Waals surface area contributed by atoms with Crippen molar-refractivity contribution in [1.29, 1.82) is 0 Å². The third-order valence-corrected chi connectivity index (χ3v) is 4.27. The molecule has 1 aromatic carbocycles. The largest absolute Gasteiger partial charge is 0.326 e. The molecular formula is C13H16BrFN2. The number of likely N-dealkylation sites (tertiary alicyclic amines) is 1. The summed E-state index contributed by atoms with van der Waals surface area (Å²) < 4.78 is 14.9. The molecule has 0 spiro atoms. The molecule has 0 radical (unpaired) electrons. The van der Waals surface area contributed by atoms with Crippen molar-refractivity contribution in [2.24, 2.45) is 5.73 Å². The number of hydrogen-bond acceptors (Lipinski definition) is 2. The topological polar surface area (TPSA) is 29.3 Å². The number of nitrogens with zero attached hydrogens (tertiary/aromatic N) is 1. The van der Waals surface area contributed by atoms with E-state index in [0.717, 1.165) is 23.0 Å². The fourth-order valence-corrected chi connectivity index (χ4v) is 3.19. The van der Waals surface area contributed by atoms with Crippen LogP contribution in [-0.2, 0) is 0 Å². The summed E-state index contributed by atoms with van der Waals surface area (Å²) >= 11 is 3.41. The minimum Gasteiger partial charge on any atom is -0.326 e. The summed E-state index contributed by atoms with van der Waals surface area (Å²) in [7, 11) is 0. The monoisotopic (exact) mass is 298 g/mol. The van der Waals surface area contributed by atoms with Crippen molar-refractivity contribution in [3.05, 3.63) is 34.1 Å². The van der Waals surface area contributed by atoms with E-state index in [-0.39, 0.29) is 17.9 Å². The van der Waals surface area contributed by atoms with Crippen LogP contribution in [0.3, 0.4) is 0 Å². The van der Waals surface area contributed by atoms with Crippen molar-refractivity contribution in [3.8, 4) is 0 Å². The van der Waals surface area contributed by atoms with Crippen LogP contribution in [0.2, 0.25) is 0 Å². The molecule has 0 bridgehead atoms. The van der Waals surface area contributed by atoms with E-state index in [4.69, 9.17) is 5.73 Å². The lowest BCUT2D eigenvalue weighted by atomic mass is 10.00. The Balaban J connectivity index is 1.97. The van der Waals surface area contributed by atoms with Crippen LogP contribution in [0.1, 0.15) is 30.9 Å². The lowest BCUT2D eigenvalue weighted by Crippen LogP contribution is -2.33. The molecule has 1 saturated heterocycles. The van der Waals surface area contributed by atoms with Gasteiger partial charge < -0.3 is 5.73 Å². The normalized spacial score (nSPS) is 29.8. The van der Waals surface area contributed by atoms with Gasteiger partial charge in [0.2, 0.25) is 0 Å². The van der Waals surface area contributed by atoms with Crippen molar-refractivity contribution >= 4 is 15.9 Å². The van der Waals surface area contributed by atoms with Gasteiger partial charge in [-0.05, 0) is 37.5 Å². The molecule has 2 N–H and O–H groups in total. The number of hydrogen-bond donors (Lipinski definition) is 1. The molecule has 2 unspecified atom stereocenters. The molecule has 0 aromatic heterocycles. The Morgan fingerprint density at radius 1 is 1.29 bits per heavy atom. The van der Waals surface area contributed by atoms with Crippen LogP contribution in [0.25, 0.3) is 0 Å². The van der Waals surface area contributed by atoms with Crippen LogP contribution >= 0.6 is 15.9 Å². The van der Waals surface area contributed by atoms with E-state index >= 15 is 0 Å². The van der Waals surface area contributed by atoms with Gasteiger partial charge in [0.05, 0.1) is 6.04 Å². The Kier molecular flexibility index (Phi) is 2.97. The van der Waals surface area contributed by atoms with Gasteiger partial charge in [-0.25, -0.2) is 4.39 Å². The molecule has 2 nitrogen and oxygen atoms in total. The first-order chi connectivity index (χ1) is 8.16. The summed E-state index contributed by atoms with van der Waals surface area (Å²) in [5.41, 5.74) is 6.91. The van der Waals surface area contributed by atoms with E-state index in [0.29, 0.717) is 6.04 Å². The molecule has 1 aromatic rings. The molecule has 1 saturated carbocycles. The zero-order valence-corrected chi connectivity index (χ0v) is 11.2. The summed E-state index contributed by atoms with van der Waals surface area (Å²) in [6.07, 6.45) is 3.44. The summed E-state index contributed by atoms with van der Waals surface area (Å²) in [6.45, 7) is 1.00. The van der Waals surface area contributed by atoms with E-state index in [9.17, 15) is 4.39 Å². The first kappa shape index (κ1) is 11.6. The molecular weight excluding hydrogens is 283 g/mol. The van der Waals surface area contributed by atoms with Crippen molar-refractivity contribution in [2.45, 2.75) is 37.4 Å². The molecule has 1 aliphatic heterocycles. The maximum Gasteiger partial charge on any atom is 0.128 e. The van der Waals surface area contributed by atoms with Gasteiger partial charge in [-0.1, -0.05) is 15.9 Å². The van der Waals surface area contributed by atoms with Crippen LogP contribution in [-0.4, -0.2) is 23.5 Å². The second-order valence-electron chi connectivity index (χ2n) is 5.03. The molecule has 4 heteroatoms. The predicted molar refractivity (Wildman–Crippen MR) is 69.2 cm³/mol. The SMILES string of the molecule is NC1CCN(C2CC2)C1c1cc(Br)ccc1F. The van der Waals surface area contributed by atoms with E-state index in [1.807, 2.05) is 6.07 Å². The van der Waals surface area contributed by atoms with E-state index in [1.165, 1.54) is 18.9 Å². The number of rotatable bonds is 2. The minimum absolute atomic E-state index is 0.0550. The molecule has 1 aliphatic carbocycles. The Labute approximate surface area is 109 Å². The van der Waals surface area contributed by atoms with Gasteiger partial charge in [0.15, 0.2) is 0 Å². The van der Waals surface area contributed by atoms with Gasteiger partial charge >= 0.3 is 0 Å².